The number of hydrogen-bond acceptors (Lipinski definition) is 6. The molecule has 2 aromatic carbocycles. The number of carbonyl (C=O) groups excluding carboxylic acids is 1. The van der Waals surface area contributed by atoms with Crippen LogP contribution in [0, 0.1) is 0 Å². The normalized spacial score (nSPS) is 12.7. The summed E-state index contributed by atoms with van der Waals surface area (Å²) in [6, 6.07) is 11.3. The van der Waals surface area contributed by atoms with Gasteiger partial charge in [-0.15, -0.1) is 0 Å². The first-order valence-electron chi connectivity index (χ1n) is 8.49. The minimum atomic E-state index is -3.76. The van der Waals surface area contributed by atoms with Crippen LogP contribution in [0.2, 0.25) is 0 Å². The Morgan fingerprint density at radius 3 is 2.64 bits per heavy atom. The number of sulfonamides is 1. The molecule has 8 nitrogen and oxygen atoms in total. The zero-order valence-corrected chi connectivity index (χ0v) is 16.9. The quantitative estimate of drug-likeness (QED) is 0.504. The van der Waals surface area contributed by atoms with Gasteiger partial charge in [-0.2, -0.15) is 0 Å². The van der Waals surface area contributed by atoms with Crippen molar-refractivity contribution in [2.45, 2.75) is 29.1 Å². The minimum Gasteiger partial charge on any atom is -0.494 e. The Labute approximate surface area is 166 Å². The van der Waals surface area contributed by atoms with Crippen LogP contribution >= 0.6 is 11.8 Å². The number of aromatic amines is 1. The number of hydrogen-bond donors (Lipinski definition) is 3. The van der Waals surface area contributed by atoms with Gasteiger partial charge in [0, 0.05) is 11.8 Å². The molecule has 1 amide bonds. The van der Waals surface area contributed by atoms with Gasteiger partial charge in [0.2, 0.25) is 15.9 Å². The Morgan fingerprint density at radius 2 is 2.00 bits per heavy atom. The number of benzene rings is 2. The van der Waals surface area contributed by atoms with Crippen LogP contribution < -0.4 is 15.2 Å². The molecule has 0 aliphatic rings. The second kappa shape index (κ2) is 8.21. The van der Waals surface area contributed by atoms with Crippen LogP contribution in [0.15, 0.2) is 52.5 Å². The number of imidazole rings is 1. The number of H-pyrrole nitrogens is 1. The van der Waals surface area contributed by atoms with E-state index in [2.05, 4.69) is 15.3 Å². The smallest absolute Gasteiger partial charge is 0.238 e. The van der Waals surface area contributed by atoms with E-state index in [0.717, 1.165) is 16.8 Å². The van der Waals surface area contributed by atoms with Gasteiger partial charge in [0.25, 0.3) is 0 Å². The fourth-order valence-electron chi connectivity index (χ4n) is 2.47. The Kier molecular flexibility index (Phi) is 5.92. The highest BCUT2D eigenvalue weighted by molar-refractivity contribution is 8.00. The van der Waals surface area contributed by atoms with Crippen molar-refractivity contribution in [2.24, 2.45) is 5.14 Å². The van der Waals surface area contributed by atoms with Crippen LogP contribution in [-0.2, 0) is 14.8 Å². The van der Waals surface area contributed by atoms with Gasteiger partial charge in [-0.05, 0) is 50.2 Å². The van der Waals surface area contributed by atoms with Crippen LogP contribution in [0.25, 0.3) is 11.0 Å². The van der Waals surface area contributed by atoms with Crippen LogP contribution in [0.5, 0.6) is 5.75 Å². The second-order valence-electron chi connectivity index (χ2n) is 5.97. The number of nitrogens with one attached hydrogen (secondary N) is 2. The van der Waals surface area contributed by atoms with E-state index in [9.17, 15) is 13.2 Å². The SMILES string of the molecule is CCOc1ccc2nc(S[C@H](C)C(=O)Nc3ccc(S(N)(=O)=O)cc3)[nH]c2c1. The minimum absolute atomic E-state index is 0.0124. The van der Waals surface area contributed by atoms with Gasteiger partial charge in [0.1, 0.15) is 5.75 Å². The molecular weight excluding hydrogens is 400 g/mol. The average Bonchev–Trinajstić information content (AvgIpc) is 3.03. The maximum absolute atomic E-state index is 12.4. The number of rotatable bonds is 7. The number of anilines is 1. The third kappa shape index (κ3) is 4.83. The monoisotopic (exact) mass is 420 g/mol. The molecule has 1 atom stereocenters. The molecule has 0 aliphatic carbocycles. The van der Waals surface area contributed by atoms with Crippen molar-refractivity contribution in [1.82, 2.24) is 9.97 Å². The van der Waals surface area contributed by atoms with E-state index in [-0.39, 0.29) is 10.8 Å². The summed E-state index contributed by atoms with van der Waals surface area (Å²) in [4.78, 5) is 20.1. The molecule has 0 fully saturated rings. The molecule has 3 rings (SSSR count). The number of ether oxygens (including phenoxy) is 1. The van der Waals surface area contributed by atoms with Crippen molar-refractivity contribution >= 4 is 44.4 Å². The van der Waals surface area contributed by atoms with Crippen LogP contribution in [0.4, 0.5) is 5.69 Å². The first-order chi connectivity index (χ1) is 13.3. The second-order valence-corrected chi connectivity index (χ2v) is 8.86. The molecule has 148 valence electrons. The van der Waals surface area contributed by atoms with Crippen molar-refractivity contribution in [3.8, 4) is 5.75 Å². The number of thioether (sulfide) groups is 1. The van der Waals surface area contributed by atoms with E-state index in [1.54, 1.807) is 6.92 Å². The van der Waals surface area contributed by atoms with Gasteiger partial charge in [-0.3, -0.25) is 4.79 Å². The highest BCUT2D eigenvalue weighted by atomic mass is 32.2. The summed E-state index contributed by atoms with van der Waals surface area (Å²) in [6.45, 7) is 4.26. The lowest BCUT2D eigenvalue weighted by atomic mass is 10.3. The van der Waals surface area contributed by atoms with Gasteiger partial charge in [0.15, 0.2) is 5.16 Å². The molecule has 1 aromatic heterocycles. The summed E-state index contributed by atoms with van der Waals surface area (Å²) in [6.07, 6.45) is 0. The largest absolute Gasteiger partial charge is 0.494 e. The molecule has 0 spiro atoms. The van der Waals surface area contributed by atoms with Gasteiger partial charge in [-0.1, -0.05) is 11.8 Å². The van der Waals surface area contributed by atoms with Crippen LogP contribution in [-0.4, -0.2) is 36.1 Å². The maximum atomic E-state index is 12.4. The fourth-order valence-corrected chi connectivity index (χ4v) is 3.81. The van der Waals surface area contributed by atoms with Crippen LogP contribution in [0.3, 0.4) is 0 Å². The molecule has 0 bridgehead atoms. The van der Waals surface area contributed by atoms with E-state index < -0.39 is 15.3 Å². The number of fused-ring (bicyclic) bond motifs is 1. The van der Waals surface area contributed by atoms with Crippen LogP contribution in [0.1, 0.15) is 13.8 Å². The Balaban J connectivity index is 1.66. The van der Waals surface area contributed by atoms with Gasteiger partial charge in [-0.25, -0.2) is 18.5 Å². The molecule has 0 saturated carbocycles. The summed E-state index contributed by atoms with van der Waals surface area (Å²) >= 11 is 1.29. The first kappa shape index (κ1) is 20.2. The van der Waals surface area contributed by atoms with Crippen molar-refractivity contribution in [3.05, 3.63) is 42.5 Å². The molecule has 4 N–H and O–H groups in total. The number of carbonyl (C=O) groups is 1. The standard InChI is InChI=1S/C18H20N4O4S2/c1-3-26-13-6-9-15-16(10-13)22-18(21-15)27-11(2)17(23)20-12-4-7-14(8-5-12)28(19,24)25/h4-11H,3H2,1-2H3,(H,20,23)(H,21,22)(H2,19,24,25)/t11-/m1/s1. The predicted octanol–water partition coefficient (Wildman–Crippen LogP) is 2.73. The summed E-state index contributed by atoms with van der Waals surface area (Å²) in [5, 5.41) is 8.00. The predicted molar refractivity (Wildman–Crippen MR) is 109 cm³/mol. The topological polar surface area (TPSA) is 127 Å². The summed E-state index contributed by atoms with van der Waals surface area (Å²) < 4.78 is 28.0. The van der Waals surface area contributed by atoms with E-state index in [4.69, 9.17) is 9.88 Å². The third-order valence-corrected chi connectivity index (χ3v) is 5.76. The molecule has 28 heavy (non-hydrogen) atoms. The molecule has 0 saturated heterocycles. The lowest BCUT2D eigenvalue weighted by Gasteiger charge is -2.10. The van der Waals surface area contributed by atoms with Crippen molar-refractivity contribution in [2.75, 3.05) is 11.9 Å². The van der Waals surface area contributed by atoms with E-state index in [1.807, 2.05) is 25.1 Å². The number of amides is 1. The molecular formula is C18H20N4O4S2. The maximum Gasteiger partial charge on any atom is 0.238 e. The number of aromatic nitrogens is 2. The van der Waals surface area contributed by atoms with Gasteiger partial charge >= 0.3 is 0 Å². The Hall–Kier alpha value is -2.56. The lowest BCUT2D eigenvalue weighted by Crippen LogP contribution is -2.22. The Morgan fingerprint density at radius 1 is 1.29 bits per heavy atom. The molecule has 3 aromatic rings. The molecule has 0 radical (unpaired) electrons. The van der Waals surface area contributed by atoms with Gasteiger partial charge in [0.05, 0.1) is 27.8 Å². The zero-order valence-electron chi connectivity index (χ0n) is 15.3. The molecule has 0 unspecified atom stereocenters. The van der Waals surface area contributed by atoms with Gasteiger partial charge < -0.3 is 15.0 Å². The highest BCUT2D eigenvalue weighted by Gasteiger charge is 2.17. The summed E-state index contributed by atoms with van der Waals surface area (Å²) in [5.41, 5.74) is 2.10. The van der Waals surface area contributed by atoms with Crippen molar-refractivity contribution < 1.29 is 17.9 Å². The average molecular weight is 421 g/mol. The number of primary sulfonamides is 1. The molecule has 0 aliphatic heterocycles. The summed E-state index contributed by atoms with van der Waals surface area (Å²) in [7, 11) is -3.76. The summed E-state index contributed by atoms with van der Waals surface area (Å²) in [5.74, 6) is 0.521. The van der Waals surface area contributed by atoms with E-state index >= 15 is 0 Å². The molecule has 1 heterocycles. The number of nitrogens with two attached hydrogens (primary N) is 1. The Bertz CT molecular complexity index is 1090. The van der Waals surface area contributed by atoms with Crippen molar-refractivity contribution in [3.63, 3.8) is 0 Å². The highest BCUT2D eigenvalue weighted by Crippen LogP contribution is 2.26. The van der Waals surface area contributed by atoms with Crippen molar-refractivity contribution in [1.29, 1.82) is 0 Å². The van der Waals surface area contributed by atoms with E-state index in [1.165, 1.54) is 36.0 Å². The molecule has 10 heteroatoms. The third-order valence-electron chi connectivity index (χ3n) is 3.85. The first-order valence-corrected chi connectivity index (χ1v) is 10.9. The lowest BCUT2D eigenvalue weighted by molar-refractivity contribution is -0.115. The zero-order chi connectivity index (χ0) is 20.3. The fraction of sp³-hybridized carbons (Fsp3) is 0.222. The van der Waals surface area contributed by atoms with E-state index in [0.29, 0.717) is 17.5 Å². The number of nitrogens with zero attached hydrogens (tertiary/aromatic N) is 1.